The minimum atomic E-state index is 0.384. The highest BCUT2D eigenvalue weighted by molar-refractivity contribution is 6.33. The highest BCUT2D eigenvalue weighted by atomic mass is 35.5. The van der Waals surface area contributed by atoms with Crippen LogP contribution in [0.25, 0.3) is 0 Å². The van der Waals surface area contributed by atoms with E-state index in [2.05, 4.69) is 5.32 Å². The molecule has 1 aliphatic carbocycles. The number of ether oxygens (including phenoxy) is 1. The summed E-state index contributed by atoms with van der Waals surface area (Å²) in [5.74, 6) is 1.49. The second-order valence-corrected chi connectivity index (χ2v) is 7.56. The van der Waals surface area contributed by atoms with Crippen LogP contribution < -0.4 is 10.1 Å². The van der Waals surface area contributed by atoms with E-state index in [1.54, 1.807) is 12.1 Å². The summed E-state index contributed by atoms with van der Waals surface area (Å²) in [4.78, 5) is 0. The van der Waals surface area contributed by atoms with Gasteiger partial charge in [-0.1, -0.05) is 42.5 Å². The average molecular weight is 382 g/mol. The second-order valence-electron chi connectivity index (χ2n) is 6.71. The molecule has 1 aliphatic rings. The molecule has 0 bridgehead atoms. The minimum Gasteiger partial charge on any atom is -0.473 e. The summed E-state index contributed by atoms with van der Waals surface area (Å²) < 4.78 is 8.07. The molecule has 0 amide bonds. The van der Waals surface area contributed by atoms with E-state index >= 15 is 0 Å². The zero-order valence-corrected chi connectivity index (χ0v) is 16.1. The first kappa shape index (κ1) is 18.6. The Kier molecular flexibility index (Phi) is 6.63. The van der Waals surface area contributed by atoms with Crippen molar-refractivity contribution in [2.45, 2.75) is 51.8 Å². The Bertz CT molecular complexity index is 696. The summed E-state index contributed by atoms with van der Waals surface area (Å²) in [7, 11) is 1.92. The normalized spacial score (nSPS) is 15.5. The molecule has 0 atom stereocenters. The molecule has 1 aromatic carbocycles. The van der Waals surface area contributed by atoms with Crippen molar-refractivity contribution in [2.24, 2.45) is 5.92 Å². The van der Waals surface area contributed by atoms with Gasteiger partial charge in [-0.15, -0.1) is 0 Å². The zero-order valence-electron chi connectivity index (χ0n) is 14.6. The molecule has 1 aromatic heterocycles. The molecule has 1 heterocycles. The third-order valence-corrected chi connectivity index (χ3v) is 5.29. The first-order chi connectivity index (χ1) is 12.2. The fourth-order valence-electron chi connectivity index (χ4n) is 3.38. The quantitative estimate of drug-likeness (QED) is 0.727. The van der Waals surface area contributed by atoms with Crippen LogP contribution in [0.3, 0.4) is 0 Å². The summed E-state index contributed by atoms with van der Waals surface area (Å²) in [6, 6.07) is 7.44. The van der Waals surface area contributed by atoms with E-state index in [0.29, 0.717) is 22.6 Å². The molecular weight excluding hydrogens is 357 g/mol. The van der Waals surface area contributed by atoms with E-state index in [0.717, 1.165) is 30.2 Å². The van der Waals surface area contributed by atoms with E-state index in [1.165, 1.54) is 32.1 Å². The van der Waals surface area contributed by atoms with Gasteiger partial charge in [-0.05, 0) is 44.0 Å². The predicted octanol–water partition coefficient (Wildman–Crippen LogP) is 5.07. The summed E-state index contributed by atoms with van der Waals surface area (Å²) in [5, 5.41) is 9.19. The van der Waals surface area contributed by atoms with Crippen molar-refractivity contribution in [3.8, 4) is 5.88 Å². The number of hydrogen-bond acceptors (Lipinski definition) is 3. The molecule has 0 saturated heterocycles. The number of nitrogens with zero attached hydrogens (tertiary/aromatic N) is 2. The van der Waals surface area contributed by atoms with E-state index in [1.807, 2.05) is 23.9 Å². The highest BCUT2D eigenvalue weighted by Crippen LogP contribution is 2.28. The van der Waals surface area contributed by atoms with Crippen LogP contribution in [0, 0.1) is 5.92 Å². The fraction of sp³-hybridized carbons (Fsp3) is 0.526. The lowest BCUT2D eigenvalue weighted by atomic mass is 9.89. The Morgan fingerprint density at radius 2 is 2.00 bits per heavy atom. The summed E-state index contributed by atoms with van der Waals surface area (Å²) >= 11 is 12.3. The van der Waals surface area contributed by atoms with Crippen LogP contribution in [-0.4, -0.2) is 16.8 Å². The van der Waals surface area contributed by atoms with Crippen LogP contribution in [0.15, 0.2) is 24.3 Å². The largest absolute Gasteiger partial charge is 0.473 e. The van der Waals surface area contributed by atoms with Gasteiger partial charge in [-0.25, -0.2) is 4.68 Å². The molecule has 0 spiro atoms. The van der Waals surface area contributed by atoms with Crippen LogP contribution in [0.4, 0.5) is 0 Å². The Morgan fingerprint density at radius 3 is 2.76 bits per heavy atom. The molecule has 3 rings (SSSR count). The maximum atomic E-state index is 6.24. The lowest BCUT2D eigenvalue weighted by Crippen LogP contribution is -2.16. The number of benzene rings is 1. The number of nitrogens with one attached hydrogen (secondary N) is 1. The van der Waals surface area contributed by atoms with Gasteiger partial charge in [0, 0.05) is 34.8 Å². The highest BCUT2D eigenvalue weighted by Gasteiger charge is 2.18. The monoisotopic (exact) mass is 381 g/mol. The van der Waals surface area contributed by atoms with Crippen molar-refractivity contribution in [1.82, 2.24) is 15.1 Å². The second kappa shape index (κ2) is 8.93. The van der Waals surface area contributed by atoms with Crippen LogP contribution in [0.2, 0.25) is 10.0 Å². The Balaban J connectivity index is 1.72. The van der Waals surface area contributed by atoms with Crippen molar-refractivity contribution in [1.29, 1.82) is 0 Å². The van der Waals surface area contributed by atoms with Gasteiger partial charge in [0.05, 0.1) is 5.69 Å². The SMILES string of the molecule is CNCc1cc(OCc2cc(Cl)ccc2Cl)n(CC2CCCCC2)n1. The molecular formula is C19H25Cl2N3O. The van der Waals surface area contributed by atoms with E-state index in [4.69, 9.17) is 33.0 Å². The summed E-state index contributed by atoms with van der Waals surface area (Å²) in [6.45, 7) is 2.03. The maximum Gasteiger partial charge on any atom is 0.212 e. The first-order valence-corrected chi connectivity index (χ1v) is 9.69. The molecule has 25 heavy (non-hydrogen) atoms. The lowest BCUT2D eigenvalue weighted by Gasteiger charge is -2.22. The van der Waals surface area contributed by atoms with Crippen LogP contribution >= 0.6 is 23.2 Å². The van der Waals surface area contributed by atoms with Gasteiger partial charge < -0.3 is 10.1 Å². The standard InChI is InChI=1S/C19H25Cl2N3O/c1-22-11-17-10-19(24(23-17)12-14-5-3-2-4-6-14)25-13-15-9-16(20)7-8-18(15)21/h7-10,14,22H,2-6,11-13H2,1H3. The summed E-state index contributed by atoms with van der Waals surface area (Å²) in [6.07, 6.45) is 6.56. The maximum absolute atomic E-state index is 6.24. The fourth-order valence-corrected chi connectivity index (χ4v) is 3.75. The summed E-state index contributed by atoms with van der Waals surface area (Å²) in [5.41, 5.74) is 1.88. The van der Waals surface area contributed by atoms with Crippen molar-refractivity contribution >= 4 is 23.2 Å². The predicted molar refractivity (Wildman–Crippen MR) is 102 cm³/mol. The van der Waals surface area contributed by atoms with Gasteiger partial charge in [-0.3, -0.25) is 0 Å². The third kappa shape index (κ3) is 5.13. The van der Waals surface area contributed by atoms with Crippen LogP contribution in [0.5, 0.6) is 5.88 Å². The van der Waals surface area contributed by atoms with E-state index < -0.39 is 0 Å². The Morgan fingerprint density at radius 1 is 1.20 bits per heavy atom. The van der Waals surface area contributed by atoms with Gasteiger partial charge in [0.2, 0.25) is 5.88 Å². The van der Waals surface area contributed by atoms with Crippen LogP contribution in [-0.2, 0) is 19.7 Å². The Labute approximate surface area is 159 Å². The first-order valence-electron chi connectivity index (χ1n) is 8.93. The lowest BCUT2D eigenvalue weighted by molar-refractivity contribution is 0.245. The van der Waals surface area contributed by atoms with Gasteiger partial charge in [0.25, 0.3) is 0 Å². The number of halogens is 2. The van der Waals surface area contributed by atoms with Crippen LogP contribution in [0.1, 0.15) is 43.4 Å². The van der Waals surface area contributed by atoms with Crippen molar-refractivity contribution < 1.29 is 4.74 Å². The molecule has 0 unspecified atom stereocenters. The minimum absolute atomic E-state index is 0.384. The van der Waals surface area contributed by atoms with Crippen molar-refractivity contribution in [3.63, 3.8) is 0 Å². The molecule has 0 radical (unpaired) electrons. The number of aromatic nitrogens is 2. The van der Waals surface area contributed by atoms with Crippen molar-refractivity contribution in [3.05, 3.63) is 45.6 Å². The number of rotatable bonds is 7. The van der Waals surface area contributed by atoms with Crippen molar-refractivity contribution in [2.75, 3.05) is 7.05 Å². The molecule has 1 fully saturated rings. The van der Waals surface area contributed by atoms with Gasteiger partial charge >= 0.3 is 0 Å². The topological polar surface area (TPSA) is 39.1 Å². The van der Waals surface area contributed by atoms with E-state index in [-0.39, 0.29) is 0 Å². The number of hydrogen-bond donors (Lipinski definition) is 1. The molecule has 2 aromatic rings. The zero-order chi connectivity index (χ0) is 17.6. The van der Waals surface area contributed by atoms with Gasteiger partial charge in [0.15, 0.2) is 0 Å². The smallest absolute Gasteiger partial charge is 0.212 e. The van der Waals surface area contributed by atoms with Gasteiger partial charge in [-0.2, -0.15) is 5.10 Å². The molecule has 1 N–H and O–H groups in total. The van der Waals surface area contributed by atoms with E-state index in [9.17, 15) is 0 Å². The van der Waals surface area contributed by atoms with Gasteiger partial charge in [0.1, 0.15) is 6.61 Å². The Hall–Kier alpha value is -1.23. The molecule has 0 aliphatic heterocycles. The molecule has 1 saturated carbocycles. The molecule has 4 nitrogen and oxygen atoms in total. The third-order valence-electron chi connectivity index (χ3n) is 4.69. The molecule has 136 valence electrons. The average Bonchev–Trinajstić information content (AvgIpc) is 2.98. The molecule has 6 heteroatoms.